The van der Waals surface area contributed by atoms with E-state index in [4.69, 9.17) is 23.2 Å². The molecule has 0 bridgehead atoms. The number of benzene rings is 2. The van der Waals surface area contributed by atoms with Crippen LogP contribution in [0.1, 0.15) is 37.3 Å². The number of likely N-dealkylation sites (tertiary alicyclic amines) is 1. The van der Waals surface area contributed by atoms with Crippen molar-refractivity contribution >= 4 is 46.6 Å². The number of halogens is 6. The van der Waals surface area contributed by atoms with Gasteiger partial charge in [0, 0.05) is 52.7 Å². The van der Waals surface area contributed by atoms with Crippen LogP contribution in [0.3, 0.4) is 0 Å². The van der Waals surface area contributed by atoms with Crippen molar-refractivity contribution in [2.75, 3.05) is 5.32 Å². The smallest absolute Gasteiger partial charge is 0.252 e. The first-order chi connectivity index (χ1) is 16.4. The third kappa shape index (κ3) is 5.54. The molecule has 1 aliphatic carbocycles. The monoisotopic (exact) mass is 531 g/mol. The van der Waals surface area contributed by atoms with Crippen molar-refractivity contribution in [1.29, 1.82) is 0 Å². The van der Waals surface area contributed by atoms with E-state index in [0.717, 1.165) is 17.0 Å². The molecule has 2 aromatic carbocycles. The van der Waals surface area contributed by atoms with E-state index in [9.17, 15) is 31.9 Å². The fourth-order valence-electron chi connectivity index (χ4n) is 4.32. The Kier molecular flexibility index (Phi) is 6.97. The molecule has 0 spiro atoms. The Balaban J connectivity index is 1.65. The summed E-state index contributed by atoms with van der Waals surface area (Å²) in [7, 11) is 0. The first-order valence-corrected chi connectivity index (χ1v) is 11.4. The highest BCUT2D eigenvalue weighted by molar-refractivity contribution is 6.35. The summed E-state index contributed by atoms with van der Waals surface area (Å²) in [6, 6.07) is 3.20. The van der Waals surface area contributed by atoms with Crippen molar-refractivity contribution in [3.63, 3.8) is 0 Å². The maximum absolute atomic E-state index is 13.6. The van der Waals surface area contributed by atoms with Gasteiger partial charge in [0.05, 0.1) is 0 Å². The number of rotatable bonds is 6. The van der Waals surface area contributed by atoms with Crippen molar-refractivity contribution in [2.24, 2.45) is 0 Å². The van der Waals surface area contributed by atoms with E-state index < -0.39 is 66.2 Å². The van der Waals surface area contributed by atoms with Crippen LogP contribution in [0.25, 0.3) is 0 Å². The third-order valence-electron chi connectivity index (χ3n) is 5.91. The molecule has 35 heavy (non-hydrogen) atoms. The Hall–Kier alpha value is -2.85. The largest absolute Gasteiger partial charge is 0.351 e. The molecule has 2 aromatic rings. The second-order valence-corrected chi connectivity index (χ2v) is 9.38. The molecular formula is C23H19Cl2F4N3O3. The number of hydrogen-bond donors (Lipinski definition) is 2. The Morgan fingerprint density at radius 3 is 2.31 bits per heavy atom. The molecule has 6 nitrogen and oxygen atoms in total. The summed E-state index contributed by atoms with van der Waals surface area (Å²) in [5, 5.41) is 5.15. The highest BCUT2D eigenvalue weighted by Gasteiger charge is 2.49. The lowest BCUT2D eigenvalue weighted by molar-refractivity contribution is -0.145. The van der Waals surface area contributed by atoms with Gasteiger partial charge in [-0.05, 0) is 30.7 Å². The zero-order valence-corrected chi connectivity index (χ0v) is 19.5. The van der Waals surface area contributed by atoms with Crippen molar-refractivity contribution in [1.82, 2.24) is 10.2 Å². The minimum absolute atomic E-state index is 0.0129. The van der Waals surface area contributed by atoms with E-state index in [-0.39, 0.29) is 34.1 Å². The van der Waals surface area contributed by atoms with E-state index in [0.29, 0.717) is 6.07 Å². The quantitative estimate of drug-likeness (QED) is 0.522. The predicted molar refractivity (Wildman–Crippen MR) is 120 cm³/mol. The highest BCUT2D eigenvalue weighted by atomic mass is 35.5. The van der Waals surface area contributed by atoms with Crippen molar-refractivity contribution in [2.45, 2.75) is 49.7 Å². The lowest BCUT2D eigenvalue weighted by atomic mass is 9.87. The van der Waals surface area contributed by atoms with E-state index in [2.05, 4.69) is 10.6 Å². The van der Waals surface area contributed by atoms with Crippen molar-refractivity contribution in [3.8, 4) is 0 Å². The van der Waals surface area contributed by atoms with Gasteiger partial charge in [-0.1, -0.05) is 29.3 Å². The van der Waals surface area contributed by atoms with E-state index in [1.54, 1.807) is 0 Å². The molecule has 2 aliphatic rings. The SMILES string of the molecule is O=C(Nc1cc(F)cc(F)c1)C1CCC(=O)N1[C@H](C(=O)NC1CC(F)(F)C1)c1ccc(Cl)cc1Cl. The van der Waals surface area contributed by atoms with E-state index >= 15 is 0 Å². The Labute approximate surface area is 207 Å². The number of carbonyl (C=O) groups excluding carboxylic acids is 3. The van der Waals surface area contributed by atoms with E-state index in [1.165, 1.54) is 18.2 Å². The number of alkyl halides is 2. The van der Waals surface area contributed by atoms with Crippen molar-refractivity contribution in [3.05, 3.63) is 63.6 Å². The fraction of sp³-hybridized carbons (Fsp3) is 0.348. The molecule has 186 valence electrons. The molecular weight excluding hydrogens is 513 g/mol. The van der Waals surface area contributed by atoms with E-state index in [1.807, 2.05) is 0 Å². The summed E-state index contributed by atoms with van der Waals surface area (Å²) < 4.78 is 53.7. The van der Waals surface area contributed by atoms with Gasteiger partial charge in [0.1, 0.15) is 23.7 Å². The van der Waals surface area contributed by atoms with Gasteiger partial charge >= 0.3 is 0 Å². The second-order valence-electron chi connectivity index (χ2n) is 8.54. The molecule has 4 rings (SSSR count). The van der Waals surface area contributed by atoms with Gasteiger partial charge in [0.2, 0.25) is 17.7 Å². The summed E-state index contributed by atoms with van der Waals surface area (Å²) in [4.78, 5) is 40.2. The maximum atomic E-state index is 13.6. The van der Waals surface area contributed by atoms with Crippen LogP contribution >= 0.6 is 23.2 Å². The Morgan fingerprint density at radius 1 is 1.06 bits per heavy atom. The molecule has 2 atom stereocenters. The molecule has 3 amide bonds. The van der Waals surface area contributed by atoms with Gasteiger partial charge in [-0.15, -0.1) is 0 Å². The van der Waals surface area contributed by atoms with Gasteiger partial charge in [0.25, 0.3) is 5.92 Å². The van der Waals surface area contributed by atoms with Gasteiger partial charge in [-0.3, -0.25) is 14.4 Å². The second kappa shape index (κ2) is 9.66. The number of carbonyl (C=O) groups is 3. The number of nitrogens with zero attached hydrogens (tertiary/aromatic N) is 1. The van der Waals surface area contributed by atoms with Crippen LogP contribution in [-0.4, -0.2) is 40.6 Å². The minimum atomic E-state index is -2.89. The summed E-state index contributed by atoms with van der Waals surface area (Å²) in [6.07, 6.45) is -1.18. The van der Waals surface area contributed by atoms with Crippen LogP contribution in [0.5, 0.6) is 0 Å². The average molecular weight is 532 g/mol. The molecule has 2 fully saturated rings. The maximum Gasteiger partial charge on any atom is 0.252 e. The first-order valence-electron chi connectivity index (χ1n) is 10.6. The average Bonchev–Trinajstić information content (AvgIpc) is 3.09. The van der Waals surface area contributed by atoms with Crippen LogP contribution in [0.2, 0.25) is 10.0 Å². The topological polar surface area (TPSA) is 78.5 Å². The van der Waals surface area contributed by atoms with Crippen LogP contribution in [0.15, 0.2) is 36.4 Å². The number of amides is 3. The zero-order valence-electron chi connectivity index (χ0n) is 18.0. The number of anilines is 1. The lowest BCUT2D eigenvalue weighted by Gasteiger charge is -2.38. The molecule has 1 saturated heterocycles. The fourth-order valence-corrected chi connectivity index (χ4v) is 4.83. The number of nitrogens with one attached hydrogen (secondary N) is 2. The third-order valence-corrected chi connectivity index (χ3v) is 6.47. The normalized spacial score (nSPS) is 20.3. The summed E-state index contributed by atoms with van der Waals surface area (Å²) in [6.45, 7) is 0. The first kappa shape index (κ1) is 25.2. The molecule has 0 aromatic heterocycles. The summed E-state index contributed by atoms with van der Waals surface area (Å²) in [5.74, 6) is -6.85. The standard InChI is InChI=1S/C23H19Cl2F4N3O3/c24-11-1-2-16(17(25)5-11)20(22(35)31-15-9-23(28,29)10-15)32-18(3-4-19(32)33)21(34)30-14-7-12(26)6-13(27)8-14/h1-2,5-8,15,18,20H,3-4,9-10H2,(H,30,34)(H,31,35)/t18?,20-/m0/s1. The van der Waals surface area contributed by atoms with Crippen LogP contribution in [-0.2, 0) is 14.4 Å². The molecule has 0 radical (unpaired) electrons. The van der Waals surface area contributed by atoms with Crippen LogP contribution in [0, 0.1) is 11.6 Å². The number of hydrogen-bond acceptors (Lipinski definition) is 3. The molecule has 2 N–H and O–H groups in total. The molecule has 1 heterocycles. The van der Waals surface area contributed by atoms with Gasteiger partial charge in [0.15, 0.2) is 0 Å². The van der Waals surface area contributed by atoms with Crippen molar-refractivity contribution < 1.29 is 31.9 Å². The van der Waals surface area contributed by atoms with Gasteiger partial charge in [-0.25, -0.2) is 17.6 Å². The Morgan fingerprint density at radius 2 is 1.71 bits per heavy atom. The highest BCUT2D eigenvalue weighted by Crippen LogP contribution is 2.40. The molecule has 1 aliphatic heterocycles. The zero-order chi connectivity index (χ0) is 25.5. The molecule has 1 unspecified atom stereocenters. The lowest BCUT2D eigenvalue weighted by Crippen LogP contribution is -2.55. The molecule has 12 heteroatoms. The minimum Gasteiger partial charge on any atom is -0.351 e. The summed E-state index contributed by atoms with van der Waals surface area (Å²) in [5.41, 5.74) is -0.0291. The van der Waals surface area contributed by atoms with Gasteiger partial charge in [-0.2, -0.15) is 0 Å². The Bertz CT molecular complexity index is 1170. The van der Waals surface area contributed by atoms with Gasteiger partial charge < -0.3 is 15.5 Å². The summed E-state index contributed by atoms with van der Waals surface area (Å²) >= 11 is 12.3. The molecule has 1 saturated carbocycles. The van der Waals surface area contributed by atoms with Crippen LogP contribution in [0.4, 0.5) is 23.2 Å². The van der Waals surface area contributed by atoms with Crippen LogP contribution < -0.4 is 10.6 Å². The predicted octanol–water partition coefficient (Wildman–Crippen LogP) is 4.86.